The summed E-state index contributed by atoms with van der Waals surface area (Å²) in [5, 5.41) is 2.15. The summed E-state index contributed by atoms with van der Waals surface area (Å²) in [4.78, 5) is 4.58. The maximum atomic E-state index is 8.82. The normalized spacial score (nSPS) is 16.9. The van der Waals surface area contributed by atoms with E-state index in [2.05, 4.69) is 60.1 Å². The molecule has 0 spiro atoms. The molecule has 4 aromatic rings. The number of furan rings is 1. The van der Waals surface area contributed by atoms with Crippen molar-refractivity contribution in [1.29, 1.82) is 0 Å². The second kappa shape index (κ2) is 6.19. The first-order valence-corrected chi connectivity index (χ1v) is 9.76. The minimum absolute atomic E-state index is 0.432. The van der Waals surface area contributed by atoms with Crippen molar-refractivity contribution in [1.82, 2.24) is 4.98 Å². The quantitative estimate of drug-likeness (QED) is 0.427. The van der Waals surface area contributed by atoms with Crippen molar-refractivity contribution in [3.8, 4) is 11.3 Å². The topological polar surface area (TPSA) is 29.9 Å². The Kier molecular flexibility index (Phi) is 3.53. The SMILES string of the molecule is [2H]C1(c2ccc(-c3c(C)ccc4c3oc3nc(C)ccc34)[n+](C)c2)CCCC1. The first kappa shape index (κ1) is 15.4. The fourth-order valence-electron chi connectivity index (χ4n) is 4.40. The fraction of sp³-hybridized carbons (Fsp3) is 0.333. The van der Waals surface area contributed by atoms with E-state index in [0.29, 0.717) is 5.71 Å². The van der Waals surface area contributed by atoms with Gasteiger partial charge in [0.05, 0.1) is 5.56 Å². The molecular formula is C24H25N2O+. The molecule has 1 saturated carbocycles. The summed E-state index contributed by atoms with van der Waals surface area (Å²) < 4.78 is 17.2. The molecular weight excluding hydrogens is 332 g/mol. The van der Waals surface area contributed by atoms with E-state index in [1.54, 1.807) is 0 Å². The molecule has 1 aliphatic rings. The predicted molar refractivity (Wildman–Crippen MR) is 109 cm³/mol. The molecule has 27 heavy (non-hydrogen) atoms. The molecule has 0 saturated heterocycles. The molecule has 1 aromatic carbocycles. The number of hydrogen-bond donors (Lipinski definition) is 0. The van der Waals surface area contributed by atoms with Crippen molar-refractivity contribution >= 4 is 22.1 Å². The van der Waals surface area contributed by atoms with Crippen LogP contribution in [0.1, 0.15) is 49.8 Å². The number of nitrogens with zero attached hydrogens (tertiary/aromatic N) is 2. The summed E-state index contributed by atoms with van der Waals surface area (Å²) in [5.74, 6) is -0.432. The third kappa shape index (κ3) is 2.64. The minimum Gasteiger partial charge on any atom is -0.437 e. The lowest BCUT2D eigenvalue weighted by Crippen LogP contribution is -2.31. The molecule has 0 radical (unpaired) electrons. The first-order chi connectivity index (χ1) is 13.5. The molecule has 0 amide bonds. The van der Waals surface area contributed by atoms with Gasteiger partial charge in [-0.15, -0.1) is 0 Å². The van der Waals surface area contributed by atoms with Crippen molar-refractivity contribution < 1.29 is 10.4 Å². The van der Waals surface area contributed by atoms with Crippen LogP contribution in [0, 0.1) is 13.8 Å². The van der Waals surface area contributed by atoms with Crippen LogP contribution >= 0.6 is 0 Å². The lowest BCUT2D eigenvalue weighted by Gasteiger charge is -2.10. The highest BCUT2D eigenvalue weighted by atomic mass is 16.3. The Morgan fingerprint density at radius 3 is 2.59 bits per heavy atom. The largest absolute Gasteiger partial charge is 0.437 e. The molecule has 0 aliphatic heterocycles. The van der Waals surface area contributed by atoms with E-state index in [9.17, 15) is 0 Å². The highest BCUT2D eigenvalue weighted by molar-refractivity contribution is 6.08. The maximum absolute atomic E-state index is 8.82. The summed E-state index contributed by atoms with van der Waals surface area (Å²) >= 11 is 0. The van der Waals surface area contributed by atoms with Crippen LogP contribution in [0.15, 0.2) is 47.0 Å². The second-order valence-corrected chi connectivity index (χ2v) is 7.77. The van der Waals surface area contributed by atoms with Crippen LogP contribution < -0.4 is 4.57 Å². The molecule has 136 valence electrons. The smallest absolute Gasteiger partial charge is 0.227 e. The molecule has 3 heteroatoms. The lowest BCUT2D eigenvalue weighted by atomic mass is 9.96. The number of aryl methyl sites for hydroxylation is 3. The monoisotopic (exact) mass is 358 g/mol. The number of pyridine rings is 2. The third-order valence-corrected chi connectivity index (χ3v) is 5.86. The van der Waals surface area contributed by atoms with E-state index in [1.807, 2.05) is 13.0 Å². The van der Waals surface area contributed by atoms with Crippen LogP contribution in [0.4, 0.5) is 0 Å². The summed E-state index contributed by atoms with van der Waals surface area (Å²) in [6.07, 6.45) is 6.35. The van der Waals surface area contributed by atoms with E-state index in [1.165, 1.54) is 5.56 Å². The zero-order valence-electron chi connectivity index (χ0n) is 17.2. The Bertz CT molecular complexity index is 1220. The standard InChI is InChI=1S/C24H25N2O/c1-15-8-11-19-20-12-9-16(2)25-24(20)27-23(19)22(15)21-13-10-18(14-26(21)3)17-6-4-5-7-17/h8-14,17H,4-7H2,1-3H3/q+1/i17D. The Morgan fingerprint density at radius 1 is 1.04 bits per heavy atom. The Labute approximate surface area is 161 Å². The van der Waals surface area contributed by atoms with Crippen molar-refractivity contribution in [2.45, 2.75) is 45.4 Å². The van der Waals surface area contributed by atoms with Crippen molar-refractivity contribution in [2.24, 2.45) is 7.05 Å². The second-order valence-electron chi connectivity index (χ2n) is 7.77. The van der Waals surface area contributed by atoms with Gasteiger partial charge in [0.15, 0.2) is 11.8 Å². The van der Waals surface area contributed by atoms with E-state index in [4.69, 9.17) is 5.79 Å². The van der Waals surface area contributed by atoms with Crippen LogP contribution in [0.2, 0.25) is 0 Å². The number of rotatable bonds is 2. The third-order valence-electron chi connectivity index (χ3n) is 5.86. The van der Waals surface area contributed by atoms with Crippen LogP contribution in [-0.4, -0.2) is 4.98 Å². The lowest BCUT2D eigenvalue weighted by molar-refractivity contribution is -0.660. The van der Waals surface area contributed by atoms with Crippen LogP contribution in [0.25, 0.3) is 33.3 Å². The Balaban J connectivity index is 1.72. The Morgan fingerprint density at radius 2 is 1.81 bits per heavy atom. The zero-order valence-corrected chi connectivity index (χ0v) is 16.2. The number of hydrogen-bond acceptors (Lipinski definition) is 2. The zero-order chi connectivity index (χ0) is 19.5. The highest BCUT2D eigenvalue weighted by Gasteiger charge is 2.24. The maximum Gasteiger partial charge on any atom is 0.227 e. The molecule has 3 nitrogen and oxygen atoms in total. The molecule has 0 atom stereocenters. The molecule has 5 rings (SSSR count). The molecule has 3 aromatic heterocycles. The van der Waals surface area contributed by atoms with Gasteiger partial charge in [0.1, 0.15) is 7.05 Å². The molecule has 0 N–H and O–H groups in total. The van der Waals surface area contributed by atoms with E-state index < -0.39 is 5.89 Å². The first-order valence-electron chi connectivity index (χ1n) is 10.3. The summed E-state index contributed by atoms with van der Waals surface area (Å²) in [6, 6.07) is 12.7. The van der Waals surface area contributed by atoms with Gasteiger partial charge in [-0.1, -0.05) is 25.0 Å². The van der Waals surface area contributed by atoms with Gasteiger partial charge in [0.25, 0.3) is 0 Å². The minimum atomic E-state index is -0.432. The van der Waals surface area contributed by atoms with Gasteiger partial charge in [0.2, 0.25) is 11.4 Å². The van der Waals surface area contributed by atoms with E-state index in [0.717, 1.165) is 64.6 Å². The van der Waals surface area contributed by atoms with Gasteiger partial charge in [-0.25, -0.2) is 9.55 Å². The number of aromatic nitrogens is 2. The van der Waals surface area contributed by atoms with Crippen LogP contribution in [0.5, 0.6) is 0 Å². The fourth-order valence-corrected chi connectivity index (χ4v) is 4.40. The average Bonchev–Trinajstić information content (AvgIpc) is 3.26. The van der Waals surface area contributed by atoms with Crippen molar-refractivity contribution in [2.75, 3.05) is 0 Å². The number of benzene rings is 1. The number of fused-ring (bicyclic) bond motifs is 3. The summed E-state index contributed by atoms with van der Waals surface area (Å²) in [5.41, 5.74) is 7.03. The summed E-state index contributed by atoms with van der Waals surface area (Å²) in [6.45, 7) is 4.11. The molecule has 1 fully saturated rings. The molecule has 3 heterocycles. The van der Waals surface area contributed by atoms with E-state index in [-0.39, 0.29) is 0 Å². The van der Waals surface area contributed by atoms with E-state index >= 15 is 0 Å². The average molecular weight is 358 g/mol. The summed E-state index contributed by atoms with van der Waals surface area (Å²) in [7, 11) is 2.07. The van der Waals surface area contributed by atoms with Crippen molar-refractivity contribution in [3.05, 3.63) is 59.4 Å². The van der Waals surface area contributed by atoms with Gasteiger partial charge >= 0.3 is 0 Å². The highest BCUT2D eigenvalue weighted by Crippen LogP contribution is 2.37. The molecule has 0 unspecified atom stereocenters. The van der Waals surface area contributed by atoms with Gasteiger partial charge in [-0.2, -0.15) is 0 Å². The molecule has 1 aliphatic carbocycles. The van der Waals surface area contributed by atoms with Gasteiger partial charge in [-0.05, 0) is 56.3 Å². The van der Waals surface area contributed by atoms with Gasteiger partial charge in [-0.3, -0.25) is 0 Å². The molecule has 0 bridgehead atoms. The van der Waals surface area contributed by atoms with Gasteiger partial charge < -0.3 is 4.42 Å². The van der Waals surface area contributed by atoms with Crippen LogP contribution in [0.3, 0.4) is 0 Å². The van der Waals surface area contributed by atoms with Crippen LogP contribution in [-0.2, 0) is 7.05 Å². The van der Waals surface area contributed by atoms with Crippen molar-refractivity contribution in [3.63, 3.8) is 0 Å². The Hall–Kier alpha value is -2.68. The predicted octanol–water partition coefficient (Wildman–Crippen LogP) is 5.75. The van der Waals surface area contributed by atoms with Gasteiger partial charge in [0, 0.05) is 29.5 Å².